The molecule has 1 amide bonds. The van der Waals surface area contributed by atoms with E-state index in [1.165, 1.54) is 18.4 Å². The number of esters is 1. The van der Waals surface area contributed by atoms with Gasteiger partial charge >= 0.3 is 5.97 Å². The van der Waals surface area contributed by atoms with Crippen LogP contribution < -0.4 is 14.3 Å². The molecule has 144 valence electrons. The number of amides is 1. The highest BCUT2D eigenvalue weighted by molar-refractivity contribution is 9.10. The number of thiazole rings is 1. The second-order valence-corrected chi connectivity index (χ2v) is 7.77. The van der Waals surface area contributed by atoms with Crippen LogP contribution in [0.4, 0.5) is 0 Å². The summed E-state index contributed by atoms with van der Waals surface area (Å²) in [6.07, 6.45) is 0. The van der Waals surface area contributed by atoms with E-state index in [2.05, 4.69) is 20.9 Å². The summed E-state index contributed by atoms with van der Waals surface area (Å²) >= 11 is 4.66. The highest BCUT2D eigenvalue weighted by atomic mass is 79.9. The smallest absolute Gasteiger partial charge is 0.325 e. The molecule has 3 aromatic rings. The van der Waals surface area contributed by atoms with Gasteiger partial charge in [0.25, 0.3) is 5.91 Å². The van der Waals surface area contributed by atoms with Gasteiger partial charge in [0.15, 0.2) is 16.3 Å². The van der Waals surface area contributed by atoms with Crippen LogP contribution >= 0.6 is 27.3 Å². The van der Waals surface area contributed by atoms with Crippen molar-refractivity contribution >= 4 is 49.4 Å². The number of hydrogen-bond acceptors (Lipinski definition) is 6. The number of hydrogen-bond donors (Lipinski definition) is 0. The Morgan fingerprint density at radius 1 is 1.21 bits per heavy atom. The van der Waals surface area contributed by atoms with Crippen LogP contribution in [-0.2, 0) is 16.1 Å². The van der Waals surface area contributed by atoms with E-state index >= 15 is 0 Å². The Balaban J connectivity index is 1.88. The summed E-state index contributed by atoms with van der Waals surface area (Å²) in [5, 5.41) is 0. The van der Waals surface area contributed by atoms with Crippen LogP contribution in [0.5, 0.6) is 11.5 Å². The largest absolute Gasteiger partial charge is 0.486 e. The van der Waals surface area contributed by atoms with Crippen molar-refractivity contribution in [2.75, 3.05) is 20.3 Å². The first kappa shape index (κ1) is 18.7. The molecule has 0 fully saturated rings. The first-order chi connectivity index (χ1) is 13.6. The summed E-state index contributed by atoms with van der Waals surface area (Å²) in [7, 11) is 1.32. The number of halogens is 1. The molecule has 0 N–H and O–H groups in total. The van der Waals surface area contributed by atoms with E-state index < -0.39 is 11.9 Å². The predicted octanol–water partition coefficient (Wildman–Crippen LogP) is 3.15. The topological polar surface area (TPSA) is 79.1 Å². The zero-order valence-corrected chi connectivity index (χ0v) is 17.2. The maximum atomic E-state index is 12.7. The van der Waals surface area contributed by atoms with Gasteiger partial charge in [-0.3, -0.25) is 9.59 Å². The molecule has 1 aromatic heterocycles. The number of nitrogens with zero attached hydrogens (tertiary/aromatic N) is 2. The predicted molar refractivity (Wildman–Crippen MR) is 107 cm³/mol. The van der Waals surface area contributed by atoms with E-state index in [-0.39, 0.29) is 6.54 Å². The molecule has 1 aliphatic rings. The highest BCUT2D eigenvalue weighted by Crippen LogP contribution is 2.35. The van der Waals surface area contributed by atoms with E-state index in [4.69, 9.17) is 14.2 Å². The lowest BCUT2D eigenvalue weighted by Gasteiger charge is -2.18. The van der Waals surface area contributed by atoms with Crippen molar-refractivity contribution in [2.24, 2.45) is 4.99 Å². The van der Waals surface area contributed by atoms with Crippen molar-refractivity contribution in [2.45, 2.75) is 6.54 Å². The maximum absolute atomic E-state index is 12.7. The molecule has 0 atom stereocenters. The molecule has 0 saturated carbocycles. The molecular weight excluding hydrogens is 448 g/mol. The molecule has 0 bridgehead atoms. The lowest BCUT2D eigenvalue weighted by molar-refractivity contribution is -0.141. The van der Waals surface area contributed by atoms with Crippen LogP contribution in [-0.4, -0.2) is 36.8 Å². The Kier molecular flexibility index (Phi) is 5.19. The first-order valence-corrected chi connectivity index (χ1v) is 10.0. The number of carbonyl (C=O) groups is 2. The molecule has 7 nitrogen and oxygen atoms in total. The van der Waals surface area contributed by atoms with Crippen molar-refractivity contribution in [1.82, 2.24) is 4.57 Å². The maximum Gasteiger partial charge on any atom is 0.325 e. The van der Waals surface area contributed by atoms with Crippen molar-refractivity contribution < 1.29 is 23.8 Å². The molecule has 28 heavy (non-hydrogen) atoms. The van der Waals surface area contributed by atoms with E-state index in [0.717, 1.165) is 10.2 Å². The highest BCUT2D eigenvalue weighted by Gasteiger charge is 2.18. The number of fused-ring (bicyclic) bond motifs is 2. The third kappa shape index (κ3) is 3.55. The lowest BCUT2D eigenvalue weighted by Crippen LogP contribution is -2.22. The number of benzene rings is 2. The van der Waals surface area contributed by atoms with Crippen LogP contribution in [0.1, 0.15) is 10.4 Å². The standard InChI is InChI=1S/C19H15BrN2O5S/c1-25-17(23)10-22-13-8-14-15(27-7-6-26-14)9-16(13)28-19(22)21-18(24)11-4-2-3-5-12(11)20/h2-5,8-9H,6-7,10H2,1H3. The average Bonchev–Trinajstić information content (AvgIpc) is 3.02. The molecule has 0 aliphatic carbocycles. The summed E-state index contributed by atoms with van der Waals surface area (Å²) in [4.78, 5) is 29.3. The van der Waals surface area contributed by atoms with Gasteiger partial charge in [-0.2, -0.15) is 4.99 Å². The Morgan fingerprint density at radius 2 is 1.93 bits per heavy atom. The molecule has 1 aliphatic heterocycles. The number of rotatable bonds is 3. The van der Waals surface area contributed by atoms with E-state index in [9.17, 15) is 9.59 Å². The van der Waals surface area contributed by atoms with E-state index in [1.54, 1.807) is 28.8 Å². The van der Waals surface area contributed by atoms with Crippen LogP contribution in [0.3, 0.4) is 0 Å². The lowest BCUT2D eigenvalue weighted by atomic mass is 10.2. The third-order valence-electron chi connectivity index (χ3n) is 4.16. The van der Waals surface area contributed by atoms with Crippen LogP contribution in [0.15, 0.2) is 45.9 Å². The van der Waals surface area contributed by atoms with Gasteiger partial charge in [-0.15, -0.1) is 0 Å². The second kappa shape index (κ2) is 7.76. The van der Waals surface area contributed by atoms with E-state index in [1.807, 2.05) is 12.1 Å². The summed E-state index contributed by atoms with van der Waals surface area (Å²) in [5.41, 5.74) is 1.16. The fraction of sp³-hybridized carbons (Fsp3) is 0.211. The quantitative estimate of drug-likeness (QED) is 0.558. The number of ether oxygens (including phenoxy) is 3. The van der Waals surface area contributed by atoms with Crippen LogP contribution in [0, 0.1) is 0 Å². The number of methoxy groups -OCH3 is 1. The number of carbonyl (C=O) groups excluding carboxylic acids is 2. The van der Waals surface area contributed by atoms with Gasteiger partial charge in [0.05, 0.1) is 22.9 Å². The van der Waals surface area contributed by atoms with Crippen LogP contribution in [0.2, 0.25) is 0 Å². The Labute approximate surface area is 172 Å². The van der Waals surface area contributed by atoms with Gasteiger partial charge in [-0.05, 0) is 28.1 Å². The summed E-state index contributed by atoms with van der Waals surface area (Å²) in [6.45, 7) is 0.861. The summed E-state index contributed by atoms with van der Waals surface area (Å²) in [6, 6.07) is 10.7. The minimum Gasteiger partial charge on any atom is -0.486 e. The van der Waals surface area contributed by atoms with Gasteiger partial charge in [0.1, 0.15) is 19.8 Å². The monoisotopic (exact) mass is 462 g/mol. The molecule has 0 radical (unpaired) electrons. The second-order valence-electron chi connectivity index (χ2n) is 5.91. The van der Waals surface area contributed by atoms with Gasteiger partial charge < -0.3 is 18.8 Å². The van der Waals surface area contributed by atoms with E-state index in [0.29, 0.717) is 39.6 Å². The zero-order chi connectivity index (χ0) is 19.7. The first-order valence-electron chi connectivity index (χ1n) is 8.40. The van der Waals surface area contributed by atoms with Gasteiger partial charge in [-0.25, -0.2) is 0 Å². The van der Waals surface area contributed by atoms with Gasteiger partial charge in [-0.1, -0.05) is 23.5 Å². The Bertz CT molecular complexity index is 1150. The fourth-order valence-corrected chi connectivity index (χ4v) is 4.31. The molecule has 9 heteroatoms. The SMILES string of the molecule is COC(=O)Cn1c(=NC(=O)c2ccccc2Br)sc2cc3c(cc21)OCCO3. The third-order valence-corrected chi connectivity index (χ3v) is 5.90. The fourth-order valence-electron chi connectivity index (χ4n) is 2.82. The minimum absolute atomic E-state index is 0.0712. The molecule has 0 spiro atoms. The molecular formula is C19H15BrN2O5S. The normalized spacial score (nSPS) is 13.6. The Hall–Kier alpha value is -2.65. The van der Waals surface area contributed by atoms with Gasteiger partial charge in [0, 0.05) is 16.6 Å². The average molecular weight is 463 g/mol. The minimum atomic E-state index is -0.440. The molecule has 0 saturated heterocycles. The summed E-state index contributed by atoms with van der Waals surface area (Å²) in [5.74, 6) is 0.382. The Morgan fingerprint density at radius 3 is 2.64 bits per heavy atom. The van der Waals surface area contributed by atoms with Crippen molar-refractivity contribution in [3.8, 4) is 11.5 Å². The van der Waals surface area contributed by atoms with Crippen molar-refractivity contribution in [3.63, 3.8) is 0 Å². The van der Waals surface area contributed by atoms with Gasteiger partial charge in [0.2, 0.25) is 0 Å². The van der Waals surface area contributed by atoms with Crippen LogP contribution in [0.25, 0.3) is 10.2 Å². The zero-order valence-electron chi connectivity index (χ0n) is 14.8. The molecule has 2 aromatic carbocycles. The van der Waals surface area contributed by atoms with Crippen molar-refractivity contribution in [3.05, 3.63) is 51.2 Å². The van der Waals surface area contributed by atoms with Crippen molar-refractivity contribution in [1.29, 1.82) is 0 Å². The summed E-state index contributed by atoms with van der Waals surface area (Å²) < 4.78 is 19.2. The molecule has 2 heterocycles. The molecule has 0 unspecified atom stereocenters. The molecule has 4 rings (SSSR count). The number of aromatic nitrogens is 1.